The van der Waals surface area contributed by atoms with Crippen LogP contribution in [0, 0.1) is 10.1 Å². The maximum atomic E-state index is 13.2. The molecule has 9 heteroatoms. The lowest BCUT2D eigenvalue weighted by molar-refractivity contribution is -0.384. The quantitative estimate of drug-likeness (QED) is 0.547. The van der Waals surface area contributed by atoms with E-state index in [1.807, 2.05) is 0 Å². The van der Waals surface area contributed by atoms with Crippen LogP contribution < -0.4 is 5.32 Å². The summed E-state index contributed by atoms with van der Waals surface area (Å²) in [6.45, 7) is -0.343. The van der Waals surface area contributed by atoms with Crippen LogP contribution in [0.15, 0.2) is 59.5 Å². The SMILES string of the molecule is O=C(CN(C1CCCCC1)S(=O)(=O)c1ccccc1)Nc1cccc([N+](=O)[O-])c1. The minimum absolute atomic E-state index is 0.147. The third-order valence-electron chi connectivity index (χ3n) is 4.97. The topological polar surface area (TPSA) is 110 Å². The zero-order valence-electron chi connectivity index (χ0n) is 15.9. The molecule has 1 saturated carbocycles. The van der Waals surface area contributed by atoms with Crippen LogP contribution in [0.4, 0.5) is 11.4 Å². The summed E-state index contributed by atoms with van der Waals surface area (Å²) >= 11 is 0. The first-order valence-corrected chi connectivity index (χ1v) is 10.9. The summed E-state index contributed by atoms with van der Waals surface area (Å²) in [5.41, 5.74) is 0.105. The van der Waals surface area contributed by atoms with Crippen molar-refractivity contribution in [3.8, 4) is 0 Å². The van der Waals surface area contributed by atoms with Gasteiger partial charge in [0.05, 0.1) is 16.4 Å². The van der Waals surface area contributed by atoms with Crippen molar-refractivity contribution in [2.75, 3.05) is 11.9 Å². The van der Waals surface area contributed by atoms with E-state index in [0.29, 0.717) is 12.8 Å². The number of non-ortho nitro benzene ring substituents is 1. The van der Waals surface area contributed by atoms with Gasteiger partial charge in [0.15, 0.2) is 0 Å². The summed E-state index contributed by atoms with van der Waals surface area (Å²) in [5.74, 6) is -0.532. The molecule has 0 aromatic heterocycles. The number of nitrogens with one attached hydrogen (secondary N) is 1. The van der Waals surface area contributed by atoms with Crippen molar-refractivity contribution in [2.24, 2.45) is 0 Å². The summed E-state index contributed by atoms with van der Waals surface area (Å²) in [7, 11) is -3.85. The Morgan fingerprint density at radius 3 is 2.41 bits per heavy atom. The first-order chi connectivity index (χ1) is 13.9. The maximum absolute atomic E-state index is 13.2. The van der Waals surface area contributed by atoms with Gasteiger partial charge in [-0.05, 0) is 31.0 Å². The van der Waals surface area contributed by atoms with Gasteiger partial charge < -0.3 is 5.32 Å². The van der Waals surface area contributed by atoms with Gasteiger partial charge in [-0.1, -0.05) is 43.5 Å². The minimum Gasteiger partial charge on any atom is -0.325 e. The van der Waals surface area contributed by atoms with Crippen LogP contribution in [0.1, 0.15) is 32.1 Å². The van der Waals surface area contributed by atoms with Gasteiger partial charge in [-0.2, -0.15) is 4.31 Å². The lowest BCUT2D eigenvalue weighted by Gasteiger charge is -2.33. The van der Waals surface area contributed by atoms with Gasteiger partial charge in [-0.3, -0.25) is 14.9 Å². The van der Waals surface area contributed by atoms with Crippen molar-refractivity contribution in [1.29, 1.82) is 0 Å². The van der Waals surface area contributed by atoms with Gasteiger partial charge >= 0.3 is 0 Å². The van der Waals surface area contributed by atoms with Crippen LogP contribution in [-0.2, 0) is 14.8 Å². The second-order valence-corrected chi connectivity index (χ2v) is 8.90. The summed E-state index contributed by atoms with van der Waals surface area (Å²) in [6, 6.07) is 13.4. The summed E-state index contributed by atoms with van der Waals surface area (Å²) in [5, 5.41) is 13.5. The highest BCUT2D eigenvalue weighted by molar-refractivity contribution is 7.89. The van der Waals surface area contributed by atoms with E-state index in [1.54, 1.807) is 18.2 Å². The molecule has 8 nitrogen and oxygen atoms in total. The van der Waals surface area contributed by atoms with Gasteiger partial charge in [0.1, 0.15) is 0 Å². The van der Waals surface area contributed by atoms with Gasteiger partial charge in [0.25, 0.3) is 5.69 Å². The van der Waals surface area contributed by atoms with Crippen LogP contribution in [0.3, 0.4) is 0 Å². The predicted octanol–water partition coefficient (Wildman–Crippen LogP) is 3.56. The fraction of sp³-hybridized carbons (Fsp3) is 0.350. The smallest absolute Gasteiger partial charge is 0.271 e. The lowest BCUT2D eigenvalue weighted by atomic mass is 9.95. The summed E-state index contributed by atoms with van der Waals surface area (Å²) in [6.07, 6.45) is 4.29. The van der Waals surface area contributed by atoms with E-state index in [-0.39, 0.29) is 28.9 Å². The number of carbonyl (C=O) groups excluding carboxylic acids is 1. The number of carbonyl (C=O) groups is 1. The van der Waals surface area contributed by atoms with Crippen molar-refractivity contribution < 1.29 is 18.1 Å². The molecular weight excluding hydrogens is 394 g/mol. The van der Waals surface area contributed by atoms with E-state index in [2.05, 4.69) is 5.32 Å². The van der Waals surface area contributed by atoms with Crippen LogP contribution in [0.5, 0.6) is 0 Å². The molecule has 2 aromatic carbocycles. The van der Waals surface area contributed by atoms with Crippen LogP contribution >= 0.6 is 0 Å². The second kappa shape index (κ2) is 9.15. The Hall–Kier alpha value is -2.78. The zero-order valence-corrected chi connectivity index (χ0v) is 16.7. The van der Waals surface area contributed by atoms with Crippen LogP contribution in [-0.4, -0.2) is 36.1 Å². The number of sulfonamides is 1. The number of benzene rings is 2. The van der Waals surface area contributed by atoms with Crippen molar-refractivity contribution in [2.45, 2.75) is 43.0 Å². The zero-order chi connectivity index (χ0) is 20.9. The third-order valence-corrected chi connectivity index (χ3v) is 6.88. The largest absolute Gasteiger partial charge is 0.325 e. The summed E-state index contributed by atoms with van der Waals surface area (Å²) in [4.78, 5) is 23.1. The Kier molecular flexibility index (Phi) is 6.60. The number of hydrogen-bond acceptors (Lipinski definition) is 5. The molecule has 1 aliphatic rings. The van der Waals surface area contributed by atoms with E-state index in [1.165, 1.54) is 40.7 Å². The normalized spacial score (nSPS) is 15.2. The average molecular weight is 417 g/mol. The molecule has 1 aliphatic carbocycles. The Labute approximate surface area is 169 Å². The number of rotatable bonds is 7. The van der Waals surface area contributed by atoms with Gasteiger partial charge in [-0.15, -0.1) is 0 Å². The van der Waals surface area contributed by atoms with E-state index in [9.17, 15) is 23.3 Å². The van der Waals surface area contributed by atoms with E-state index < -0.39 is 20.9 Å². The molecule has 0 aliphatic heterocycles. The number of hydrogen-bond donors (Lipinski definition) is 1. The summed E-state index contributed by atoms with van der Waals surface area (Å²) < 4.78 is 27.7. The molecule has 0 heterocycles. The second-order valence-electron chi connectivity index (χ2n) is 7.01. The predicted molar refractivity (Wildman–Crippen MR) is 109 cm³/mol. The minimum atomic E-state index is -3.85. The van der Waals surface area contributed by atoms with E-state index in [4.69, 9.17) is 0 Å². The number of anilines is 1. The standard InChI is InChI=1S/C20H23N3O5S/c24-20(21-16-8-7-11-18(14-16)23(25)26)15-22(17-9-3-1-4-10-17)29(27,28)19-12-5-2-6-13-19/h2,5-8,11-14,17H,1,3-4,9-10,15H2,(H,21,24). The highest BCUT2D eigenvalue weighted by Crippen LogP contribution is 2.28. The van der Waals surface area contributed by atoms with E-state index in [0.717, 1.165) is 19.3 Å². The van der Waals surface area contributed by atoms with Crippen LogP contribution in [0.2, 0.25) is 0 Å². The molecule has 3 rings (SSSR count). The number of nitrogens with zero attached hydrogens (tertiary/aromatic N) is 2. The van der Waals surface area contributed by atoms with Gasteiger partial charge in [-0.25, -0.2) is 8.42 Å². The highest BCUT2D eigenvalue weighted by atomic mass is 32.2. The average Bonchev–Trinajstić information content (AvgIpc) is 2.73. The fourth-order valence-electron chi connectivity index (χ4n) is 3.55. The number of nitro groups is 1. The van der Waals surface area contributed by atoms with Crippen molar-refractivity contribution in [1.82, 2.24) is 4.31 Å². The fourth-order valence-corrected chi connectivity index (χ4v) is 5.21. The molecule has 1 fully saturated rings. The van der Waals surface area contributed by atoms with Crippen LogP contribution in [0.25, 0.3) is 0 Å². The van der Waals surface area contributed by atoms with Gasteiger partial charge in [0, 0.05) is 23.9 Å². The molecule has 2 aromatic rings. The molecule has 1 N–H and O–H groups in total. The monoisotopic (exact) mass is 417 g/mol. The molecule has 0 radical (unpaired) electrons. The van der Waals surface area contributed by atoms with Crippen molar-refractivity contribution in [3.05, 3.63) is 64.7 Å². The maximum Gasteiger partial charge on any atom is 0.271 e. The Morgan fingerprint density at radius 1 is 1.07 bits per heavy atom. The molecule has 0 unspecified atom stereocenters. The third kappa shape index (κ3) is 5.18. The van der Waals surface area contributed by atoms with E-state index >= 15 is 0 Å². The first-order valence-electron chi connectivity index (χ1n) is 9.49. The van der Waals surface area contributed by atoms with Gasteiger partial charge in [0.2, 0.25) is 15.9 Å². The molecule has 29 heavy (non-hydrogen) atoms. The molecule has 1 amide bonds. The molecule has 154 valence electrons. The first kappa shape index (κ1) is 20.9. The van der Waals surface area contributed by atoms with Crippen molar-refractivity contribution >= 4 is 27.3 Å². The molecular formula is C20H23N3O5S. The molecule has 0 saturated heterocycles. The number of nitro benzene ring substituents is 1. The molecule has 0 spiro atoms. The molecule has 0 bridgehead atoms. The van der Waals surface area contributed by atoms with Crippen molar-refractivity contribution in [3.63, 3.8) is 0 Å². The Balaban J connectivity index is 1.82. The molecule has 0 atom stereocenters. The highest BCUT2D eigenvalue weighted by Gasteiger charge is 2.33. The Morgan fingerprint density at radius 2 is 1.76 bits per heavy atom. The number of amides is 1. The Bertz CT molecular complexity index is 973. The lowest BCUT2D eigenvalue weighted by Crippen LogP contribution is -2.45.